The van der Waals surface area contributed by atoms with Gasteiger partial charge in [-0.25, -0.2) is 4.39 Å². The van der Waals surface area contributed by atoms with E-state index in [1.807, 2.05) is 6.92 Å². The molecule has 0 aromatic heterocycles. The predicted octanol–water partition coefficient (Wildman–Crippen LogP) is 3.26. The van der Waals surface area contributed by atoms with Crippen LogP contribution in [0.1, 0.15) is 31.7 Å². The highest BCUT2D eigenvalue weighted by molar-refractivity contribution is 8.18. The highest BCUT2D eigenvalue weighted by atomic mass is 32.2. The van der Waals surface area contributed by atoms with E-state index in [9.17, 15) is 18.8 Å². The van der Waals surface area contributed by atoms with E-state index in [1.165, 1.54) is 24.3 Å². The van der Waals surface area contributed by atoms with Crippen LogP contribution in [0.2, 0.25) is 0 Å². The molecule has 0 radical (unpaired) electrons. The van der Waals surface area contributed by atoms with Crippen molar-refractivity contribution in [1.29, 1.82) is 0 Å². The second-order valence-electron chi connectivity index (χ2n) is 6.25. The van der Waals surface area contributed by atoms with Gasteiger partial charge in [0.2, 0.25) is 5.91 Å². The molecule has 2 aliphatic heterocycles. The first-order valence-corrected chi connectivity index (χ1v) is 9.08. The van der Waals surface area contributed by atoms with E-state index in [2.05, 4.69) is 0 Å². The largest absolute Gasteiger partial charge is 0.338 e. The number of piperidine rings is 1. The molecule has 3 amide bonds. The minimum atomic E-state index is -0.475. The van der Waals surface area contributed by atoms with Crippen LogP contribution in [0, 0.1) is 5.82 Å². The van der Waals surface area contributed by atoms with Crippen LogP contribution in [0.5, 0.6) is 0 Å². The third-order valence-corrected chi connectivity index (χ3v) is 5.37. The molecule has 0 aliphatic carbocycles. The van der Waals surface area contributed by atoms with E-state index < -0.39 is 11.1 Å². The van der Waals surface area contributed by atoms with Crippen LogP contribution in [-0.4, -0.2) is 46.0 Å². The summed E-state index contributed by atoms with van der Waals surface area (Å²) in [6.07, 6.45) is 4.52. The summed E-state index contributed by atoms with van der Waals surface area (Å²) in [4.78, 5) is 40.0. The molecule has 0 N–H and O–H groups in total. The topological polar surface area (TPSA) is 57.7 Å². The minimum Gasteiger partial charge on any atom is -0.338 e. The number of hydrogen-bond acceptors (Lipinski definition) is 4. The summed E-state index contributed by atoms with van der Waals surface area (Å²) in [5, 5.41) is -0.448. The van der Waals surface area contributed by atoms with Crippen molar-refractivity contribution in [3.05, 3.63) is 40.6 Å². The Labute approximate surface area is 149 Å². The molecule has 2 aliphatic rings. The molecule has 132 valence electrons. The van der Waals surface area contributed by atoms with Gasteiger partial charge in [0, 0.05) is 12.6 Å². The molecular weight excluding hydrogens is 343 g/mol. The number of hydrogen-bond donors (Lipinski definition) is 0. The fraction of sp³-hybridized carbons (Fsp3) is 0.389. The second kappa shape index (κ2) is 7.39. The fourth-order valence-electron chi connectivity index (χ4n) is 3.04. The van der Waals surface area contributed by atoms with Crippen LogP contribution < -0.4 is 0 Å². The molecule has 0 unspecified atom stereocenters. The zero-order valence-corrected chi connectivity index (χ0v) is 14.7. The van der Waals surface area contributed by atoms with Gasteiger partial charge in [-0.3, -0.25) is 19.3 Å². The molecule has 0 spiro atoms. The number of nitrogens with zero attached hydrogens (tertiary/aromatic N) is 2. The van der Waals surface area contributed by atoms with E-state index >= 15 is 0 Å². The lowest BCUT2D eigenvalue weighted by molar-refractivity contribution is -0.138. The predicted molar refractivity (Wildman–Crippen MR) is 94.1 cm³/mol. The van der Waals surface area contributed by atoms with E-state index in [-0.39, 0.29) is 29.2 Å². The maximum absolute atomic E-state index is 13.0. The Bertz CT molecular complexity index is 732. The highest BCUT2D eigenvalue weighted by Gasteiger charge is 2.37. The maximum atomic E-state index is 13.0. The van der Waals surface area contributed by atoms with Crippen LogP contribution in [0.3, 0.4) is 0 Å². The third-order valence-electron chi connectivity index (χ3n) is 4.46. The first kappa shape index (κ1) is 17.7. The van der Waals surface area contributed by atoms with Crippen molar-refractivity contribution in [2.45, 2.75) is 32.2 Å². The van der Waals surface area contributed by atoms with Gasteiger partial charge in [0.25, 0.3) is 11.1 Å². The summed E-state index contributed by atoms with van der Waals surface area (Å²) in [7, 11) is 0. The zero-order valence-electron chi connectivity index (χ0n) is 13.9. The maximum Gasteiger partial charge on any atom is 0.294 e. The van der Waals surface area contributed by atoms with Gasteiger partial charge < -0.3 is 4.90 Å². The van der Waals surface area contributed by atoms with E-state index in [0.29, 0.717) is 12.1 Å². The molecule has 5 nitrogen and oxygen atoms in total. The number of carbonyl (C=O) groups is 3. The Kier molecular flexibility index (Phi) is 5.22. The van der Waals surface area contributed by atoms with E-state index in [0.717, 1.165) is 35.9 Å². The Morgan fingerprint density at radius 2 is 2.00 bits per heavy atom. The summed E-state index contributed by atoms with van der Waals surface area (Å²) in [5.74, 6) is -1.04. The van der Waals surface area contributed by atoms with Crippen LogP contribution >= 0.6 is 11.8 Å². The molecule has 1 aromatic carbocycles. The van der Waals surface area contributed by atoms with Gasteiger partial charge in [0.1, 0.15) is 12.4 Å². The summed E-state index contributed by atoms with van der Waals surface area (Å²) >= 11 is 0.804. The number of benzene rings is 1. The van der Waals surface area contributed by atoms with Crippen molar-refractivity contribution in [3.8, 4) is 0 Å². The van der Waals surface area contributed by atoms with Crippen molar-refractivity contribution in [1.82, 2.24) is 9.80 Å². The number of carbonyl (C=O) groups excluding carboxylic acids is 3. The fourth-order valence-corrected chi connectivity index (χ4v) is 3.88. The third kappa shape index (κ3) is 3.92. The normalized spacial score (nSPS) is 22.8. The standard InChI is InChI=1S/C18H19FN2O3S/c1-12-4-2-3-9-20(12)16(22)11-21-17(23)15(25-18(21)24)10-13-5-7-14(19)8-6-13/h5-8,10,12H,2-4,9,11H2,1H3/b15-10-/t12-/m1/s1. The molecular formula is C18H19FN2O3S. The van der Waals surface area contributed by atoms with E-state index in [1.54, 1.807) is 11.0 Å². The smallest absolute Gasteiger partial charge is 0.294 e. The van der Waals surface area contributed by atoms with Gasteiger partial charge in [0.05, 0.1) is 4.91 Å². The number of likely N-dealkylation sites (tertiary alicyclic amines) is 1. The van der Waals surface area contributed by atoms with Gasteiger partial charge >= 0.3 is 0 Å². The monoisotopic (exact) mass is 362 g/mol. The molecule has 2 fully saturated rings. The highest BCUT2D eigenvalue weighted by Crippen LogP contribution is 2.32. The minimum absolute atomic E-state index is 0.135. The van der Waals surface area contributed by atoms with Crippen molar-refractivity contribution in [2.75, 3.05) is 13.1 Å². The lowest BCUT2D eigenvalue weighted by Gasteiger charge is -2.34. The van der Waals surface area contributed by atoms with Crippen molar-refractivity contribution >= 4 is 34.9 Å². The second-order valence-corrected chi connectivity index (χ2v) is 7.24. The Morgan fingerprint density at radius 3 is 2.68 bits per heavy atom. The molecule has 1 atom stereocenters. The van der Waals surface area contributed by atoms with Crippen molar-refractivity contribution < 1.29 is 18.8 Å². The van der Waals surface area contributed by atoms with E-state index in [4.69, 9.17) is 0 Å². The van der Waals surface area contributed by atoms with Gasteiger partial charge in [-0.1, -0.05) is 12.1 Å². The molecule has 0 saturated carbocycles. The zero-order chi connectivity index (χ0) is 18.0. The van der Waals surface area contributed by atoms with Gasteiger partial charge in [-0.15, -0.1) is 0 Å². The first-order valence-electron chi connectivity index (χ1n) is 8.26. The summed E-state index contributed by atoms with van der Waals surface area (Å²) in [5.41, 5.74) is 0.628. The number of rotatable bonds is 3. The number of thioether (sulfide) groups is 1. The molecule has 0 bridgehead atoms. The summed E-state index contributed by atoms with van der Waals surface area (Å²) < 4.78 is 13.0. The Balaban J connectivity index is 1.70. The molecule has 1 aromatic rings. The van der Waals surface area contributed by atoms with Gasteiger partial charge in [-0.05, 0) is 61.7 Å². The molecule has 3 rings (SSSR count). The number of imide groups is 1. The van der Waals surface area contributed by atoms with Gasteiger partial charge in [0.15, 0.2) is 0 Å². The molecule has 2 heterocycles. The Hall–Kier alpha value is -2.15. The number of amides is 3. The lowest BCUT2D eigenvalue weighted by Crippen LogP contribution is -2.47. The summed E-state index contributed by atoms with van der Waals surface area (Å²) in [6.45, 7) is 2.43. The molecule has 25 heavy (non-hydrogen) atoms. The molecule has 2 saturated heterocycles. The lowest BCUT2D eigenvalue weighted by atomic mass is 10.0. The van der Waals surface area contributed by atoms with Gasteiger partial charge in [-0.2, -0.15) is 0 Å². The number of halogens is 1. The first-order chi connectivity index (χ1) is 12.0. The van der Waals surface area contributed by atoms with Crippen LogP contribution in [0.25, 0.3) is 6.08 Å². The Morgan fingerprint density at radius 1 is 1.28 bits per heavy atom. The SMILES string of the molecule is C[C@@H]1CCCCN1C(=O)CN1C(=O)S/C(=C\c2ccc(F)cc2)C1=O. The average Bonchev–Trinajstić information content (AvgIpc) is 2.85. The van der Waals surface area contributed by atoms with Crippen LogP contribution in [-0.2, 0) is 9.59 Å². The summed E-state index contributed by atoms with van der Waals surface area (Å²) in [6, 6.07) is 5.78. The van der Waals surface area contributed by atoms with Crippen LogP contribution in [0.4, 0.5) is 9.18 Å². The average molecular weight is 362 g/mol. The quantitative estimate of drug-likeness (QED) is 0.775. The van der Waals surface area contributed by atoms with Crippen molar-refractivity contribution in [3.63, 3.8) is 0 Å². The van der Waals surface area contributed by atoms with Crippen molar-refractivity contribution in [2.24, 2.45) is 0 Å². The molecule has 7 heteroatoms. The van der Waals surface area contributed by atoms with Crippen LogP contribution in [0.15, 0.2) is 29.2 Å².